The van der Waals surface area contributed by atoms with E-state index >= 15 is 0 Å². The Labute approximate surface area is 178 Å². The fourth-order valence-corrected chi connectivity index (χ4v) is 6.10. The molecule has 6 rings (SSSR count). The van der Waals surface area contributed by atoms with E-state index in [1.807, 2.05) is 24.3 Å². The summed E-state index contributed by atoms with van der Waals surface area (Å²) in [6.45, 7) is 0. The van der Waals surface area contributed by atoms with E-state index in [1.54, 1.807) is 31.4 Å². The van der Waals surface area contributed by atoms with Gasteiger partial charge in [-0.25, -0.2) is 0 Å². The van der Waals surface area contributed by atoms with E-state index in [2.05, 4.69) is 5.16 Å². The number of hydrogen-bond acceptors (Lipinski definition) is 5. The van der Waals surface area contributed by atoms with E-state index in [0.29, 0.717) is 16.5 Å². The number of amides is 2. The molecule has 0 N–H and O–H groups in total. The molecule has 0 spiro atoms. The summed E-state index contributed by atoms with van der Waals surface area (Å²) in [6.07, 6.45) is 0.681. The van der Waals surface area contributed by atoms with E-state index < -0.39 is 0 Å². The highest BCUT2D eigenvalue weighted by atomic mass is 35.5. The molecule has 0 radical (unpaired) electrons. The summed E-state index contributed by atoms with van der Waals surface area (Å²) in [6, 6.07) is 14.6. The van der Waals surface area contributed by atoms with Crippen molar-refractivity contribution in [1.82, 2.24) is 0 Å². The molecule has 7 heteroatoms. The number of halogens is 1. The summed E-state index contributed by atoms with van der Waals surface area (Å²) < 4.78 is 5.19. The minimum absolute atomic E-state index is 0.0123. The monoisotopic (exact) mass is 422 g/mol. The molecule has 0 aromatic heterocycles. The molecule has 2 bridgehead atoms. The predicted octanol–water partition coefficient (Wildman–Crippen LogP) is 3.52. The van der Waals surface area contributed by atoms with Gasteiger partial charge in [0.05, 0.1) is 30.3 Å². The number of nitrogens with zero attached hydrogens (tertiary/aromatic N) is 2. The molecule has 2 aliphatic carbocycles. The summed E-state index contributed by atoms with van der Waals surface area (Å²) >= 11 is 6.03. The van der Waals surface area contributed by atoms with Crippen LogP contribution in [0.1, 0.15) is 12.0 Å². The average molecular weight is 423 g/mol. The zero-order valence-corrected chi connectivity index (χ0v) is 17.0. The lowest BCUT2D eigenvalue weighted by Crippen LogP contribution is -2.41. The smallest absolute Gasteiger partial charge is 0.238 e. The van der Waals surface area contributed by atoms with Gasteiger partial charge in [-0.3, -0.25) is 14.5 Å². The Morgan fingerprint density at radius 2 is 1.63 bits per heavy atom. The molecule has 0 unspecified atom stereocenters. The van der Waals surface area contributed by atoms with Gasteiger partial charge in [0.1, 0.15) is 11.9 Å². The van der Waals surface area contributed by atoms with Gasteiger partial charge in [-0.05, 0) is 54.3 Å². The van der Waals surface area contributed by atoms with Crippen molar-refractivity contribution in [1.29, 1.82) is 0 Å². The van der Waals surface area contributed by atoms with Gasteiger partial charge < -0.3 is 9.57 Å². The quantitative estimate of drug-likeness (QED) is 0.710. The molecule has 2 aromatic carbocycles. The first kappa shape index (κ1) is 18.0. The van der Waals surface area contributed by atoms with Gasteiger partial charge in [0.25, 0.3) is 0 Å². The second kappa shape index (κ2) is 6.32. The standard InChI is InChI=1S/C23H19ClN2O4/c1-29-14-8-6-13(7-9-14)26-22(27)17-15-10-16(18(17)23(26)28)21-19(15)20(25-30-21)11-2-4-12(24)5-3-11/h2-9,15-19,21H,10H2,1H3/t15-,16-,17+,18-,19-,21+/m1/s1. The predicted molar refractivity (Wildman–Crippen MR) is 110 cm³/mol. The van der Waals surface area contributed by atoms with Crippen molar-refractivity contribution in [2.24, 2.45) is 34.7 Å². The molecule has 3 fully saturated rings. The van der Waals surface area contributed by atoms with Crippen molar-refractivity contribution in [3.8, 4) is 5.75 Å². The third kappa shape index (κ3) is 2.28. The molecule has 1 saturated heterocycles. The highest BCUT2D eigenvalue weighted by Crippen LogP contribution is 2.62. The number of benzene rings is 2. The lowest BCUT2D eigenvalue weighted by molar-refractivity contribution is -0.125. The second-order valence-corrected chi connectivity index (χ2v) is 8.84. The first-order chi connectivity index (χ1) is 14.6. The molecule has 2 saturated carbocycles. The minimum Gasteiger partial charge on any atom is -0.497 e. The van der Waals surface area contributed by atoms with Crippen molar-refractivity contribution in [3.05, 3.63) is 59.1 Å². The summed E-state index contributed by atoms with van der Waals surface area (Å²) in [5, 5.41) is 5.02. The maximum atomic E-state index is 13.4. The Bertz CT molecular complexity index is 1080. The van der Waals surface area contributed by atoms with E-state index in [1.165, 1.54) is 4.90 Å². The number of rotatable bonds is 3. The van der Waals surface area contributed by atoms with Crippen LogP contribution < -0.4 is 9.64 Å². The third-order valence-electron chi connectivity index (χ3n) is 7.16. The van der Waals surface area contributed by atoms with E-state index in [9.17, 15) is 9.59 Å². The Kier molecular flexibility index (Phi) is 3.78. The number of anilines is 1. The molecule has 4 aliphatic rings. The number of methoxy groups -OCH3 is 1. The van der Waals surface area contributed by atoms with E-state index in [4.69, 9.17) is 21.2 Å². The van der Waals surface area contributed by atoms with Crippen LogP contribution in [0.2, 0.25) is 5.02 Å². The Balaban J connectivity index is 1.33. The van der Waals surface area contributed by atoms with Crippen LogP contribution >= 0.6 is 11.6 Å². The van der Waals surface area contributed by atoms with Gasteiger partial charge in [-0.2, -0.15) is 0 Å². The molecular weight excluding hydrogens is 404 g/mol. The zero-order valence-electron chi connectivity index (χ0n) is 16.2. The van der Waals surface area contributed by atoms with Crippen molar-refractivity contribution < 1.29 is 19.2 Å². The first-order valence-electron chi connectivity index (χ1n) is 10.1. The highest BCUT2D eigenvalue weighted by Gasteiger charge is 2.70. The van der Waals surface area contributed by atoms with Crippen molar-refractivity contribution in [2.75, 3.05) is 12.0 Å². The number of oxime groups is 1. The summed E-state index contributed by atoms with van der Waals surface area (Å²) in [4.78, 5) is 33.9. The highest BCUT2D eigenvalue weighted by molar-refractivity contribution is 6.30. The largest absolute Gasteiger partial charge is 0.497 e. The van der Waals surface area contributed by atoms with Gasteiger partial charge >= 0.3 is 0 Å². The molecule has 2 amide bonds. The minimum atomic E-state index is -0.328. The van der Waals surface area contributed by atoms with Crippen LogP contribution in [0.25, 0.3) is 0 Å². The fraction of sp³-hybridized carbons (Fsp3) is 0.348. The Hall–Kier alpha value is -2.86. The lowest BCUT2D eigenvalue weighted by Gasteiger charge is -2.29. The molecule has 152 valence electrons. The summed E-state index contributed by atoms with van der Waals surface area (Å²) in [7, 11) is 1.59. The molecule has 2 aromatic rings. The first-order valence-corrected chi connectivity index (χ1v) is 10.5. The van der Waals surface area contributed by atoms with Gasteiger partial charge in [-0.15, -0.1) is 0 Å². The number of hydrogen-bond donors (Lipinski definition) is 0. The van der Waals surface area contributed by atoms with Crippen LogP contribution in [0.5, 0.6) is 5.75 Å². The van der Waals surface area contributed by atoms with Crippen molar-refractivity contribution in [2.45, 2.75) is 12.5 Å². The second-order valence-electron chi connectivity index (χ2n) is 8.40. The van der Waals surface area contributed by atoms with Gasteiger partial charge in [-0.1, -0.05) is 28.9 Å². The summed E-state index contributed by atoms with van der Waals surface area (Å²) in [5.74, 6) is -0.0847. The number of ether oxygens (including phenoxy) is 1. The number of imide groups is 1. The number of carbonyl (C=O) groups is 2. The van der Waals surface area contributed by atoms with Crippen molar-refractivity contribution in [3.63, 3.8) is 0 Å². The normalized spacial score (nSPS) is 33.4. The molecule has 6 nitrogen and oxygen atoms in total. The molecule has 6 atom stereocenters. The third-order valence-corrected chi connectivity index (χ3v) is 7.41. The van der Waals surface area contributed by atoms with Crippen LogP contribution in [-0.2, 0) is 14.4 Å². The van der Waals surface area contributed by atoms with Crippen LogP contribution in [0.15, 0.2) is 53.7 Å². The van der Waals surface area contributed by atoms with Crippen molar-refractivity contribution >= 4 is 34.8 Å². The SMILES string of the molecule is COc1ccc(N2C(=O)[C@@H]3[C@H]4C[C@@H]([C@@H]5C(c6ccc(Cl)cc6)=NO[C@@H]45)[C@@H]3C2=O)cc1. The zero-order chi connectivity index (χ0) is 20.6. The lowest BCUT2D eigenvalue weighted by atomic mass is 9.71. The maximum Gasteiger partial charge on any atom is 0.238 e. The van der Waals surface area contributed by atoms with E-state index in [-0.39, 0.29) is 47.5 Å². The van der Waals surface area contributed by atoms with Gasteiger partial charge in [0, 0.05) is 16.9 Å². The molecular formula is C23H19ClN2O4. The molecule has 30 heavy (non-hydrogen) atoms. The van der Waals surface area contributed by atoms with Gasteiger partial charge in [0.15, 0.2) is 0 Å². The number of fused-ring (bicyclic) bond motifs is 8. The van der Waals surface area contributed by atoms with Gasteiger partial charge in [0.2, 0.25) is 11.8 Å². The number of carbonyl (C=O) groups excluding carboxylic acids is 2. The van der Waals surface area contributed by atoms with Crippen LogP contribution in [0.3, 0.4) is 0 Å². The maximum absolute atomic E-state index is 13.4. The fourth-order valence-electron chi connectivity index (χ4n) is 5.97. The molecule has 2 aliphatic heterocycles. The van der Waals surface area contributed by atoms with E-state index in [0.717, 1.165) is 17.7 Å². The topological polar surface area (TPSA) is 68.2 Å². The Morgan fingerprint density at radius 3 is 2.30 bits per heavy atom. The summed E-state index contributed by atoms with van der Waals surface area (Å²) in [5.41, 5.74) is 2.42. The van der Waals surface area contributed by atoms with Crippen LogP contribution in [0, 0.1) is 29.6 Å². The van der Waals surface area contributed by atoms with Crippen LogP contribution in [-0.4, -0.2) is 30.7 Å². The van der Waals surface area contributed by atoms with Crippen LogP contribution in [0.4, 0.5) is 5.69 Å². The average Bonchev–Trinajstić information content (AvgIpc) is 3.49. The molecule has 2 heterocycles. The Morgan fingerprint density at radius 1 is 0.967 bits per heavy atom.